The summed E-state index contributed by atoms with van der Waals surface area (Å²) in [4.78, 5) is 4.53. The Morgan fingerprint density at radius 1 is 1.33 bits per heavy atom. The molecule has 18 heavy (non-hydrogen) atoms. The minimum atomic E-state index is 0.326. The Balaban J connectivity index is 1.81. The molecule has 1 N–H and O–H groups in total. The van der Waals surface area contributed by atoms with Crippen molar-refractivity contribution in [2.45, 2.75) is 45.1 Å². The van der Waals surface area contributed by atoms with Crippen molar-refractivity contribution in [1.29, 1.82) is 0 Å². The number of nitrogens with zero attached hydrogens (tertiary/aromatic N) is 1. The van der Waals surface area contributed by atoms with E-state index in [1.807, 2.05) is 0 Å². The molecule has 2 aliphatic rings. The first-order valence-electron chi connectivity index (χ1n) is 6.95. The van der Waals surface area contributed by atoms with Crippen LogP contribution in [0.1, 0.15) is 37.3 Å². The standard InChI is InChI=1S/C15H20N2O/c1-2-12-10-18-15(16-12)17-14-9-5-7-11-6-3-4-8-13(11)14/h5,7,9,12H,2-4,6,8,10H2,1H3,(H,16,17)/t12-/m1/s1. The van der Waals surface area contributed by atoms with Crippen molar-refractivity contribution in [3.05, 3.63) is 29.3 Å². The van der Waals surface area contributed by atoms with Gasteiger partial charge in [-0.2, -0.15) is 0 Å². The number of hydrogen-bond donors (Lipinski definition) is 1. The fourth-order valence-electron chi connectivity index (χ4n) is 2.71. The van der Waals surface area contributed by atoms with E-state index in [1.165, 1.54) is 42.5 Å². The number of rotatable bonds is 2. The van der Waals surface area contributed by atoms with Crippen LogP contribution in [0.2, 0.25) is 0 Å². The van der Waals surface area contributed by atoms with Gasteiger partial charge in [0.1, 0.15) is 6.61 Å². The number of fused-ring (bicyclic) bond motifs is 1. The number of ether oxygens (including phenoxy) is 1. The lowest BCUT2D eigenvalue weighted by Crippen LogP contribution is -2.15. The van der Waals surface area contributed by atoms with Crippen LogP contribution >= 0.6 is 0 Å². The van der Waals surface area contributed by atoms with E-state index < -0.39 is 0 Å². The van der Waals surface area contributed by atoms with Gasteiger partial charge in [0.15, 0.2) is 0 Å². The van der Waals surface area contributed by atoms with Gasteiger partial charge in [-0.3, -0.25) is 0 Å². The van der Waals surface area contributed by atoms with Crippen molar-refractivity contribution in [3.8, 4) is 0 Å². The van der Waals surface area contributed by atoms with Crippen LogP contribution in [0, 0.1) is 0 Å². The number of anilines is 1. The second kappa shape index (κ2) is 5.01. The molecule has 0 spiro atoms. The molecule has 0 saturated carbocycles. The maximum atomic E-state index is 5.59. The summed E-state index contributed by atoms with van der Waals surface area (Å²) < 4.78 is 5.59. The fraction of sp³-hybridized carbons (Fsp3) is 0.533. The Morgan fingerprint density at radius 3 is 3.06 bits per heavy atom. The molecule has 1 aromatic carbocycles. The first-order valence-corrected chi connectivity index (χ1v) is 6.95. The van der Waals surface area contributed by atoms with Gasteiger partial charge in [0.05, 0.1) is 6.04 Å². The van der Waals surface area contributed by atoms with Gasteiger partial charge in [-0.1, -0.05) is 19.1 Å². The highest BCUT2D eigenvalue weighted by Crippen LogP contribution is 2.28. The maximum absolute atomic E-state index is 5.59. The summed E-state index contributed by atoms with van der Waals surface area (Å²) in [6.45, 7) is 2.86. The smallest absolute Gasteiger partial charge is 0.289 e. The number of aryl methyl sites for hydroxylation is 1. The molecule has 3 nitrogen and oxygen atoms in total. The van der Waals surface area contributed by atoms with E-state index >= 15 is 0 Å². The molecule has 1 aliphatic carbocycles. The topological polar surface area (TPSA) is 33.6 Å². The third-order valence-corrected chi connectivity index (χ3v) is 3.82. The van der Waals surface area contributed by atoms with Crippen molar-refractivity contribution in [3.63, 3.8) is 0 Å². The molecule has 1 atom stereocenters. The van der Waals surface area contributed by atoms with Crippen LogP contribution in [-0.2, 0) is 17.6 Å². The molecule has 0 fully saturated rings. The molecular weight excluding hydrogens is 224 g/mol. The highest BCUT2D eigenvalue weighted by atomic mass is 16.5. The maximum Gasteiger partial charge on any atom is 0.289 e. The van der Waals surface area contributed by atoms with E-state index in [-0.39, 0.29) is 0 Å². The largest absolute Gasteiger partial charge is 0.463 e. The average Bonchev–Trinajstić information content (AvgIpc) is 2.87. The lowest BCUT2D eigenvalue weighted by Gasteiger charge is -2.19. The van der Waals surface area contributed by atoms with Crippen LogP contribution in [0.15, 0.2) is 23.2 Å². The fourth-order valence-corrected chi connectivity index (χ4v) is 2.71. The molecule has 0 saturated heterocycles. The van der Waals surface area contributed by atoms with E-state index in [2.05, 4.69) is 35.4 Å². The second-order valence-electron chi connectivity index (χ2n) is 5.08. The summed E-state index contributed by atoms with van der Waals surface area (Å²) >= 11 is 0. The van der Waals surface area contributed by atoms with Crippen LogP contribution in [0.3, 0.4) is 0 Å². The Kier molecular flexibility index (Phi) is 3.22. The molecule has 3 rings (SSSR count). The van der Waals surface area contributed by atoms with Gasteiger partial charge >= 0.3 is 0 Å². The summed E-state index contributed by atoms with van der Waals surface area (Å²) in [5.41, 5.74) is 4.12. The quantitative estimate of drug-likeness (QED) is 0.867. The average molecular weight is 244 g/mol. The van der Waals surface area contributed by atoms with Crippen LogP contribution in [0.4, 0.5) is 5.69 Å². The van der Waals surface area contributed by atoms with Gasteiger partial charge in [-0.05, 0) is 49.3 Å². The van der Waals surface area contributed by atoms with Gasteiger partial charge in [-0.25, -0.2) is 4.99 Å². The number of hydrogen-bond acceptors (Lipinski definition) is 3. The highest BCUT2D eigenvalue weighted by molar-refractivity contribution is 5.91. The second-order valence-corrected chi connectivity index (χ2v) is 5.08. The number of aliphatic imine (C=N–C) groups is 1. The zero-order chi connectivity index (χ0) is 12.4. The molecule has 0 amide bonds. The molecule has 1 aliphatic heterocycles. The molecule has 1 aromatic rings. The summed E-state index contributed by atoms with van der Waals surface area (Å²) in [6, 6.07) is 7.52. The zero-order valence-corrected chi connectivity index (χ0v) is 10.9. The number of amidine groups is 1. The van der Waals surface area contributed by atoms with Gasteiger partial charge in [0, 0.05) is 5.69 Å². The lowest BCUT2D eigenvalue weighted by molar-refractivity contribution is 0.313. The first-order chi connectivity index (χ1) is 8.86. The van der Waals surface area contributed by atoms with Crippen LogP contribution in [-0.4, -0.2) is 18.7 Å². The molecule has 3 heteroatoms. The third kappa shape index (κ3) is 2.22. The van der Waals surface area contributed by atoms with E-state index in [0.29, 0.717) is 18.7 Å². The van der Waals surface area contributed by atoms with E-state index in [1.54, 1.807) is 0 Å². The summed E-state index contributed by atoms with van der Waals surface area (Å²) in [5.74, 6) is 0. The van der Waals surface area contributed by atoms with Crippen molar-refractivity contribution in [1.82, 2.24) is 0 Å². The molecule has 1 heterocycles. The SMILES string of the molecule is CC[C@@H]1COC(Nc2cccc3c2CCCC3)=N1. The Bertz CT molecular complexity index is 468. The Labute approximate surface area is 108 Å². The summed E-state index contributed by atoms with van der Waals surface area (Å²) in [6.07, 6.45) is 6.01. The van der Waals surface area contributed by atoms with Crippen molar-refractivity contribution in [2.24, 2.45) is 4.99 Å². The monoisotopic (exact) mass is 244 g/mol. The first kappa shape index (κ1) is 11.6. The van der Waals surface area contributed by atoms with Crippen LogP contribution in [0.5, 0.6) is 0 Å². The summed E-state index contributed by atoms with van der Waals surface area (Å²) in [5, 5.41) is 3.36. The normalized spacial score (nSPS) is 22.1. The molecule has 0 radical (unpaired) electrons. The number of benzene rings is 1. The van der Waals surface area contributed by atoms with Crippen LogP contribution < -0.4 is 5.32 Å². The molecule has 96 valence electrons. The minimum absolute atomic E-state index is 0.326. The Morgan fingerprint density at radius 2 is 2.22 bits per heavy atom. The van der Waals surface area contributed by atoms with Gasteiger partial charge < -0.3 is 10.1 Å². The van der Waals surface area contributed by atoms with Gasteiger partial charge in [0.2, 0.25) is 0 Å². The highest BCUT2D eigenvalue weighted by Gasteiger charge is 2.19. The summed E-state index contributed by atoms with van der Waals surface area (Å²) in [7, 11) is 0. The van der Waals surface area contributed by atoms with Crippen molar-refractivity contribution in [2.75, 3.05) is 11.9 Å². The van der Waals surface area contributed by atoms with Crippen molar-refractivity contribution >= 4 is 11.7 Å². The van der Waals surface area contributed by atoms with Gasteiger partial charge in [-0.15, -0.1) is 0 Å². The molecule has 0 aromatic heterocycles. The van der Waals surface area contributed by atoms with E-state index in [4.69, 9.17) is 4.74 Å². The molecular formula is C15H20N2O. The van der Waals surface area contributed by atoms with Crippen molar-refractivity contribution < 1.29 is 4.74 Å². The molecule has 0 unspecified atom stereocenters. The number of nitrogens with one attached hydrogen (secondary N) is 1. The predicted octanol–water partition coefficient (Wildman–Crippen LogP) is 3.14. The van der Waals surface area contributed by atoms with Crippen LogP contribution in [0.25, 0.3) is 0 Å². The predicted molar refractivity (Wildman–Crippen MR) is 74.2 cm³/mol. The molecule has 0 bridgehead atoms. The van der Waals surface area contributed by atoms with E-state index in [9.17, 15) is 0 Å². The van der Waals surface area contributed by atoms with Gasteiger partial charge in [0.25, 0.3) is 6.02 Å². The Hall–Kier alpha value is -1.51. The lowest BCUT2D eigenvalue weighted by atomic mass is 9.90. The zero-order valence-electron chi connectivity index (χ0n) is 10.9. The third-order valence-electron chi connectivity index (χ3n) is 3.82. The van der Waals surface area contributed by atoms with E-state index in [0.717, 1.165) is 6.42 Å². The minimum Gasteiger partial charge on any atom is -0.463 e.